The third-order valence-corrected chi connectivity index (χ3v) is 3.14. The quantitative estimate of drug-likeness (QED) is 0.825. The van der Waals surface area contributed by atoms with Crippen molar-refractivity contribution >= 4 is 5.91 Å². The number of hydrogen-bond donors (Lipinski definition) is 2. The summed E-state index contributed by atoms with van der Waals surface area (Å²) < 4.78 is 5.46. The summed E-state index contributed by atoms with van der Waals surface area (Å²) in [7, 11) is 0. The molecule has 1 amide bonds. The lowest BCUT2D eigenvalue weighted by Gasteiger charge is -2.30. The van der Waals surface area contributed by atoms with Crippen molar-refractivity contribution in [1.29, 1.82) is 0 Å². The van der Waals surface area contributed by atoms with E-state index in [2.05, 4.69) is 15.6 Å². The van der Waals surface area contributed by atoms with Crippen molar-refractivity contribution in [3.8, 4) is 0 Å². The Bertz CT molecular complexity index is 396. The molecule has 98 valence electrons. The molecule has 0 aromatic carbocycles. The Labute approximate surface area is 107 Å². The zero-order chi connectivity index (χ0) is 13.0. The van der Waals surface area contributed by atoms with Crippen LogP contribution in [0.2, 0.25) is 0 Å². The fourth-order valence-corrected chi connectivity index (χ4v) is 2.05. The number of aromatic nitrogens is 1. The number of nitrogens with one attached hydrogen (secondary N) is 2. The monoisotopic (exact) mass is 249 g/mol. The van der Waals surface area contributed by atoms with Gasteiger partial charge in [-0.1, -0.05) is 6.07 Å². The zero-order valence-corrected chi connectivity index (χ0v) is 10.7. The van der Waals surface area contributed by atoms with E-state index in [-0.39, 0.29) is 24.1 Å². The average molecular weight is 249 g/mol. The lowest BCUT2D eigenvalue weighted by atomic mass is 10.1. The molecule has 0 aliphatic carbocycles. The summed E-state index contributed by atoms with van der Waals surface area (Å²) >= 11 is 0. The SMILES string of the molecule is CC(NC(=O)[C@H]1NCCO[C@@H]1C)c1cccnc1. The summed E-state index contributed by atoms with van der Waals surface area (Å²) in [6, 6.07) is 3.48. The van der Waals surface area contributed by atoms with E-state index in [1.807, 2.05) is 26.0 Å². The van der Waals surface area contributed by atoms with Crippen molar-refractivity contribution < 1.29 is 9.53 Å². The van der Waals surface area contributed by atoms with E-state index in [0.717, 1.165) is 5.56 Å². The molecular formula is C13H19N3O2. The molecular weight excluding hydrogens is 230 g/mol. The Kier molecular flexibility index (Phi) is 4.28. The van der Waals surface area contributed by atoms with Gasteiger partial charge in [-0.05, 0) is 25.5 Å². The highest BCUT2D eigenvalue weighted by Crippen LogP contribution is 2.11. The fourth-order valence-electron chi connectivity index (χ4n) is 2.05. The highest BCUT2D eigenvalue weighted by atomic mass is 16.5. The number of carbonyl (C=O) groups is 1. The van der Waals surface area contributed by atoms with Crippen LogP contribution in [-0.4, -0.2) is 36.2 Å². The van der Waals surface area contributed by atoms with Crippen LogP contribution in [0.4, 0.5) is 0 Å². The third kappa shape index (κ3) is 3.05. The largest absolute Gasteiger partial charge is 0.375 e. The van der Waals surface area contributed by atoms with Crippen molar-refractivity contribution in [1.82, 2.24) is 15.6 Å². The van der Waals surface area contributed by atoms with Crippen LogP contribution < -0.4 is 10.6 Å². The summed E-state index contributed by atoms with van der Waals surface area (Å²) in [4.78, 5) is 16.2. The van der Waals surface area contributed by atoms with E-state index >= 15 is 0 Å². The molecule has 1 fully saturated rings. The summed E-state index contributed by atoms with van der Waals surface area (Å²) in [5.74, 6) is -0.0291. The summed E-state index contributed by atoms with van der Waals surface area (Å²) in [5.41, 5.74) is 0.996. The Hall–Kier alpha value is -1.46. The molecule has 0 bridgehead atoms. The number of pyridine rings is 1. The highest BCUT2D eigenvalue weighted by molar-refractivity contribution is 5.82. The summed E-state index contributed by atoms with van der Waals surface area (Å²) in [5, 5.41) is 6.15. The smallest absolute Gasteiger partial charge is 0.240 e. The van der Waals surface area contributed by atoms with Gasteiger partial charge in [0, 0.05) is 18.9 Å². The minimum atomic E-state index is -0.280. The molecule has 2 heterocycles. The first kappa shape index (κ1) is 13.0. The minimum Gasteiger partial charge on any atom is -0.375 e. The third-order valence-electron chi connectivity index (χ3n) is 3.14. The van der Waals surface area contributed by atoms with Gasteiger partial charge >= 0.3 is 0 Å². The molecule has 5 nitrogen and oxygen atoms in total. The topological polar surface area (TPSA) is 63.2 Å². The molecule has 1 unspecified atom stereocenters. The van der Waals surface area contributed by atoms with Gasteiger partial charge in [0.05, 0.1) is 18.8 Å². The zero-order valence-electron chi connectivity index (χ0n) is 10.7. The molecule has 2 N–H and O–H groups in total. The first-order valence-electron chi connectivity index (χ1n) is 6.24. The number of hydrogen-bond acceptors (Lipinski definition) is 4. The normalized spacial score (nSPS) is 25.4. The van der Waals surface area contributed by atoms with Crippen molar-refractivity contribution in [2.45, 2.75) is 32.0 Å². The molecule has 0 spiro atoms. The van der Waals surface area contributed by atoms with Crippen LogP contribution in [0.25, 0.3) is 0 Å². The lowest BCUT2D eigenvalue weighted by Crippen LogP contribution is -2.55. The van der Waals surface area contributed by atoms with Gasteiger partial charge in [-0.25, -0.2) is 0 Å². The molecule has 2 rings (SSSR count). The van der Waals surface area contributed by atoms with Crippen LogP contribution in [0, 0.1) is 0 Å². The molecule has 0 saturated carbocycles. The number of carbonyl (C=O) groups excluding carboxylic acids is 1. The van der Waals surface area contributed by atoms with Crippen molar-refractivity contribution in [2.75, 3.05) is 13.2 Å². The van der Waals surface area contributed by atoms with Crippen LogP contribution in [0.3, 0.4) is 0 Å². The van der Waals surface area contributed by atoms with Crippen LogP contribution in [0.15, 0.2) is 24.5 Å². The van der Waals surface area contributed by atoms with Gasteiger partial charge in [0.15, 0.2) is 0 Å². The Morgan fingerprint density at radius 1 is 1.67 bits per heavy atom. The molecule has 1 aliphatic rings. The van der Waals surface area contributed by atoms with Crippen LogP contribution in [-0.2, 0) is 9.53 Å². The van der Waals surface area contributed by atoms with Gasteiger partial charge < -0.3 is 15.4 Å². The van der Waals surface area contributed by atoms with Crippen LogP contribution in [0.5, 0.6) is 0 Å². The molecule has 1 aromatic heterocycles. The fraction of sp³-hybridized carbons (Fsp3) is 0.538. The number of ether oxygens (including phenoxy) is 1. The van der Waals surface area contributed by atoms with Gasteiger partial charge in [-0.3, -0.25) is 9.78 Å². The van der Waals surface area contributed by atoms with Gasteiger partial charge in [-0.2, -0.15) is 0 Å². The van der Waals surface area contributed by atoms with Gasteiger partial charge in [0.1, 0.15) is 6.04 Å². The Morgan fingerprint density at radius 2 is 2.50 bits per heavy atom. The second-order valence-electron chi connectivity index (χ2n) is 4.52. The maximum Gasteiger partial charge on any atom is 0.240 e. The van der Waals surface area contributed by atoms with Gasteiger partial charge in [-0.15, -0.1) is 0 Å². The van der Waals surface area contributed by atoms with E-state index in [1.165, 1.54) is 0 Å². The van der Waals surface area contributed by atoms with Gasteiger partial charge in [0.2, 0.25) is 5.91 Å². The minimum absolute atomic E-state index is 0.0291. The standard InChI is InChI=1S/C13H19N3O2/c1-9(11-4-3-5-14-8-11)16-13(17)12-10(2)18-7-6-15-12/h3-5,8-10,12,15H,6-7H2,1-2H3,(H,16,17)/t9?,10-,12+/m1/s1. The van der Waals surface area contributed by atoms with Gasteiger partial charge in [0.25, 0.3) is 0 Å². The van der Waals surface area contributed by atoms with E-state index in [1.54, 1.807) is 12.4 Å². The Balaban J connectivity index is 1.94. The molecule has 0 radical (unpaired) electrons. The molecule has 18 heavy (non-hydrogen) atoms. The number of morpholine rings is 1. The molecule has 1 saturated heterocycles. The van der Waals surface area contributed by atoms with E-state index in [9.17, 15) is 4.79 Å². The van der Waals surface area contributed by atoms with Crippen molar-refractivity contribution in [2.24, 2.45) is 0 Å². The van der Waals surface area contributed by atoms with Crippen LogP contribution in [0.1, 0.15) is 25.5 Å². The molecule has 3 atom stereocenters. The number of nitrogens with zero attached hydrogens (tertiary/aromatic N) is 1. The van der Waals surface area contributed by atoms with E-state index in [0.29, 0.717) is 13.2 Å². The van der Waals surface area contributed by atoms with Crippen molar-refractivity contribution in [3.63, 3.8) is 0 Å². The summed E-state index contributed by atoms with van der Waals surface area (Å²) in [6.07, 6.45) is 3.38. The predicted molar refractivity (Wildman–Crippen MR) is 68.0 cm³/mol. The molecule has 5 heteroatoms. The van der Waals surface area contributed by atoms with Crippen LogP contribution >= 0.6 is 0 Å². The average Bonchev–Trinajstić information content (AvgIpc) is 2.40. The first-order valence-corrected chi connectivity index (χ1v) is 6.24. The summed E-state index contributed by atoms with van der Waals surface area (Å²) in [6.45, 7) is 5.22. The number of amides is 1. The maximum atomic E-state index is 12.1. The lowest BCUT2D eigenvalue weighted by molar-refractivity contribution is -0.129. The first-order chi connectivity index (χ1) is 8.68. The highest BCUT2D eigenvalue weighted by Gasteiger charge is 2.29. The molecule has 1 aliphatic heterocycles. The second-order valence-corrected chi connectivity index (χ2v) is 4.52. The van der Waals surface area contributed by atoms with Crippen molar-refractivity contribution in [3.05, 3.63) is 30.1 Å². The maximum absolute atomic E-state index is 12.1. The van der Waals surface area contributed by atoms with E-state index in [4.69, 9.17) is 4.74 Å². The Morgan fingerprint density at radius 3 is 3.17 bits per heavy atom. The number of rotatable bonds is 3. The molecule has 1 aromatic rings. The second kappa shape index (κ2) is 5.93. The van der Waals surface area contributed by atoms with E-state index < -0.39 is 0 Å². The predicted octanol–water partition coefficient (Wildman–Crippen LogP) is 0.636.